The highest BCUT2D eigenvalue weighted by atomic mass is 79.9. The number of hydrogen-bond donors (Lipinski definition) is 3. The third kappa shape index (κ3) is 3.47. The van der Waals surface area contributed by atoms with Gasteiger partial charge in [-0.1, -0.05) is 15.9 Å². The monoisotopic (exact) mass is 341 g/mol. The number of hydrogen-bond acceptors (Lipinski definition) is 3. The molecule has 0 aromatic heterocycles. The molecule has 1 aliphatic heterocycles. The predicted octanol–water partition coefficient (Wildman–Crippen LogP) is 1.11. The summed E-state index contributed by atoms with van der Waals surface area (Å²) in [5.74, 6) is -1.30. The smallest absolute Gasteiger partial charge is 0.335 e. The molecular formula is C12H12BrN3O4. The molecule has 1 aromatic rings. The summed E-state index contributed by atoms with van der Waals surface area (Å²) in [5, 5.41) is 14.2. The minimum absolute atomic E-state index is 0.00831. The molecule has 0 unspecified atom stereocenters. The van der Waals surface area contributed by atoms with Gasteiger partial charge in [0, 0.05) is 23.2 Å². The van der Waals surface area contributed by atoms with Gasteiger partial charge in [-0.3, -0.25) is 4.79 Å². The van der Waals surface area contributed by atoms with Gasteiger partial charge in [-0.15, -0.1) is 0 Å². The standard InChI is InChI=1S/C12H12BrN3O4/c13-8-3-7(11(18)19)4-9(5-8)15-12(20)16-2-1-14-10(17)6-16/h3-5H,1-2,6H2,(H,14,17)(H,15,20)(H,18,19). The Bertz CT molecular complexity index is 576. The maximum atomic E-state index is 12.0. The number of aromatic carboxylic acids is 1. The van der Waals surface area contributed by atoms with Crippen LogP contribution in [-0.2, 0) is 4.79 Å². The third-order valence-electron chi connectivity index (χ3n) is 2.72. The number of benzene rings is 1. The maximum absolute atomic E-state index is 12.0. The lowest BCUT2D eigenvalue weighted by molar-refractivity contribution is -0.123. The number of piperazine rings is 1. The molecule has 0 aliphatic carbocycles. The van der Waals surface area contributed by atoms with E-state index in [-0.39, 0.29) is 18.0 Å². The van der Waals surface area contributed by atoms with E-state index in [1.165, 1.54) is 17.0 Å². The molecule has 3 amide bonds. The summed E-state index contributed by atoms with van der Waals surface area (Å²) in [5.41, 5.74) is 0.416. The second-order valence-electron chi connectivity index (χ2n) is 4.24. The fraction of sp³-hybridized carbons (Fsp3) is 0.250. The molecule has 7 nitrogen and oxygen atoms in total. The zero-order valence-electron chi connectivity index (χ0n) is 10.4. The molecule has 2 rings (SSSR count). The predicted molar refractivity (Wildman–Crippen MR) is 74.7 cm³/mol. The molecule has 8 heteroatoms. The average molecular weight is 342 g/mol. The Morgan fingerprint density at radius 3 is 2.75 bits per heavy atom. The highest BCUT2D eigenvalue weighted by Gasteiger charge is 2.21. The summed E-state index contributed by atoms with van der Waals surface area (Å²) >= 11 is 3.18. The molecule has 1 aromatic carbocycles. The van der Waals surface area contributed by atoms with E-state index in [0.29, 0.717) is 23.2 Å². The number of nitrogens with zero attached hydrogens (tertiary/aromatic N) is 1. The Balaban J connectivity index is 2.11. The second-order valence-corrected chi connectivity index (χ2v) is 5.15. The molecule has 0 atom stereocenters. The Labute approximate surface area is 123 Å². The lowest BCUT2D eigenvalue weighted by atomic mass is 10.2. The van der Waals surface area contributed by atoms with Crippen molar-refractivity contribution in [1.29, 1.82) is 0 Å². The Morgan fingerprint density at radius 1 is 1.35 bits per heavy atom. The van der Waals surface area contributed by atoms with Gasteiger partial charge in [0.1, 0.15) is 6.54 Å². The zero-order valence-corrected chi connectivity index (χ0v) is 11.9. The molecule has 0 saturated carbocycles. The van der Waals surface area contributed by atoms with E-state index >= 15 is 0 Å². The summed E-state index contributed by atoms with van der Waals surface area (Å²) < 4.78 is 0.545. The van der Waals surface area contributed by atoms with Crippen molar-refractivity contribution in [3.63, 3.8) is 0 Å². The van der Waals surface area contributed by atoms with E-state index in [1.54, 1.807) is 6.07 Å². The number of halogens is 1. The van der Waals surface area contributed by atoms with E-state index < -0.39 is 12.0 Å². The first-order valence-corrected chi connectivity index (χ1v) is 6.61. The average Bonchev–Trinajstić information content (AvgIpc) is 2.37. The van der Waals surface area contributed by atoms with Crippen LogP contribution in [0.15, 0.2) is 22.7 Å². The van der Waals surface area contributed by atoms with Gasteiger partial charge in [0.2, 0.25) is 5.91 Å². The van der Waals surface area contributed by atoms with E-state index in [2.05, 4.69) is 26.6 Å². The van der Waals surface area contributed by atoms with Crippen molar-refractivity contribution >= 4 is 39.5 Å². The second kappa shape index (κ2) is 5.91. The molecule has 1 heterocycles. The van der Waals surface area contributed by atoms with Crippen molar-refractivity contribution < 1.29 is 19.5 Å². The summed E-state index contributed by atoms with van der Waals surface area (Å²) in [6.45, 7) is 0.814. The Hall–Kier alpha value is -2.09. The first-order valence-electron chi connectivity index (χ1n) is 5.82. The number of carboxylic acid groups (broad SMARTS) is 1. The number of urea groups is 1. The fourth-order valence-electron chi connectivity index (χ4n) is 1.80. The van der Waals surface area contributed by atoms with E-state index in [9.17, 15) is 14.4 Å². The van der Waals surface area contributed by atoms with Crippen LogP contribution in [0.3, 0.4) is 0 Å². The van der Waals surface area contributed by atoms with Crippen LogP contribution in [0.2, 0.25) is 0 Å². The number of carboxylic acids is 1. The van der Waals surface area contributed by atoms with E-state index in [1.807, 2.05) is 0 Å². The lowest BCUT2D eigenvalue weighted by Crippen LogP contribution is -2.51. The topological polar surface area (TPSA) is 98.7 Å². The molecule has 1 aliphatic rings. The van der Waals surface area contributed by atoms with Crippen molar-refractivity contribution in [2.75, 3.05) is 25.0 Å². The van der Waals surface area contributed by atoms with E-state index in [0.717, 1.165) is 0 Å². The minimum atomic E-state index is -1.08. The number of rotatable bonds is 2. The zero-order chi connectivity index (χ0) is 14.7. The van der Waals surface area contributed by atoms with Crippen LogP contribution < -0.4 is 10.6 Å². The number of amides is 3. The number of carbonyl (C=O) groups is 3. The van der Waals surface area contributed by atoms with Gasteiger partial charge in [0.15, 0.2) is 0 Å². The van der Waals surface area contributed by atoms with Gasteiger partial charge < -0.3 is 20.6 Å². The van der Waals surface area contributed by atoms with Gasteiger partial charge >= 0.3 is 12.0 Å². The molecule has 106 valence electrons. The van der Waals surface area contributed by atoms with Crippen LogP contribution >= 0.6 is 15.9 Å². The first kappa shape index (κ1) is 14.3. The largest absolute Gasteiger partial charge is 0.478 e. The fourth-order valence-corrected chi connectivity index (χ4v) is 2.29. The quantitative estimate of drug-likeness (QED) is 0.750. The normalized spacial score (nSPS) is 14.7. The maximum Gasteiger partial charge on any atom is 0.335 e. The van der Waals surface area contributed by atoms with Gasteiger partial charge in [-0.2, -0.15) is 0 Å². The van der Waals surface area contributed by atoms with Crippen molar-refractivity contribution in [1.82, 2.24) is 10.2 Å². The van der Waals surface area contributed by atoms with Crippen LogP contribution in [0.5, 0.6) is 0 Å². The van der Waals surface area contributed by atoms with Crippen LogP contribution in [0.25, 0.3) is 0 Å². The van der Waals surface area contributed by atoms with Crippen molar-refractivity contribution in [2.45, 2.75) is 0 Å². The van der Waals surface area contributed by atoms with Crippen LogP contribution in [0.1, 0.15) is 10.4 Å². The number of nitrogens with one attached hydrogen (secondary N) is 2. The summed E-state index contributed by atoms with van der Waals surface area (Å²) in [4.78, 5) is 35.5. The number of anilines is 1. The molecular weight excluding hydrogens is 330 g/mol. The van der Waals surface area contributed by atoms with Gasteiger partial charge in [-0.05, 0) is 18.2 Å². The first-order chi connectivity index (χ1) is 9.45. The number of carbonyl (C=O) groups excluding carboxylic acids is 2. The van der Waals surface area contributed by atoms with Gasteiger partial charge in [0.05, 0.1) is 5.56 Å². The van der Waals surface area contributed by atoms with Crippen LogP contribution in [0, 0.1) is 0 Å². The van der Waals surface area contributed by atoms with Gasteiger partial charge in [0.25, 0.3) is 0 Å². The van der Waals surface area contributed by atoms with Crippen molar-refractivity contribution in [2.24, 2.45) is 0 Å². The highest BCUT2D eigenvalue weighted by Crippen LogP contribution is 2.20. The summed E-state index contributed by atoms with van der Waals surface area (Å²) in [6, 6.07) is 3.95. The molecule has 0 radical (unpaired) electrons. The van der Waals surface area contributed by atoms with Crippen LogP contribution in [0.4, 0.5) is 10.5 Å². The third-order valence-corrected chi connectivity index (χ3v) is 3.18. The van der Waals surface area contributed by atoms with E-state index in [4.69, 9.17) is 5.11 Å². The van der Waals surface area contributed by atoms with Crippen molar-refractivity contribution in [3.8, 4) is 0 Å². The van der Waals surface area contributed by atoms with Crippen LogP contribution in [-0.4, -0.2) is 47.5 Å². The summed E-state index contributed by atoms with van der Waals surface area (Å²) in [6.07, 6.45) is 0. The minimum Gasteiger partial charge on any atom is -0.478 e. The van der Waals surface area contributed by atoms with Gasteiger partial charge in [-0.25, -0.2) is 9.59 Å². The SMILES string of the molecule is O=C1CN(C(=O)Nc2cc(Br)cc(C(=O)O)c2)CCN1. The molecule has 3 N–H and O–H groups in total. The molecule has 0 spiro atoms. The molecule has 20 heavy (non-hydrogen) atoms. The van der Waals surface area contributed by atoms with Crippen molar-refractivity contribution in [3.05, 3.63) is 28.2 Å². The lowest BCUT2D eigenvalue weighted by Gasteiger charge is -2.26. The Morgan fingerprint density at radius 2 is 2.10 bits per heavy atom. The molecule has 1 saturated heterocycles. The Kier molecular flexibility index (Phi) is 4.23. The molecule has 0 bridgehead atoms. The summed E-state index contributed by atoms with van der Waals surface area (Å²) in [7, 11) is 0. The molecule has 1 fully saturated rings. The highest BCUT2D eigenvalue weighted by molar-refractivity contribution is 9.10.